The van der Waals surface area contributed by atoms with Crippen molar-refractivity contribution in [1.29, 1.82) is 5.41 Å². The van der Waals surface area contributed by atoms with Gasteiger partial charge in [-0.1, -0.05) is 19.3 Å². The molecule has 161 valence electrons. The van der Waals surface area contributed by atoms with Crippen LogP contribution >= 0.6 is 0 Å². The smallest absolute Gasteiger partial charge is 0.251 e. The van der Waals surface area contributed by atoms with Gasteiger partial charge >= 0.3 is 0 Å². The number of hydrogen-bond acceptors (Lipinski definition) is 7. The first-order valence-electron chi connectivity index (χ1n) is 8.97. The quantitative estimate of drug-likeness (QED) is 0.0805. The van der Waals surface area contributed by atoms with Gasteiger partial charge in [-0.05, 0) is 25.2 Å². The second-order valence-corrected chi connectivity index (χ2v) is 6.32. The van der Waals surface area contributed by atoms with Crippen LogP contribution in [0.1, 0.15) is 33.1 Å². The Bertz CT molecular complexity index is 502. The molecule has 0 unspecified atom stereocenters. The molecule has 28 heavy (non-hydrogen) atoms. The fraction of sp³-hybridized carbons (Fsp3) is 0.750. The number of carbonyl (C=O) groups excluding carboxylic acids is 2. The first-order valence-corrected chi connectivity index (χ1v) is 8.97. The van der Waals surface area contributed by atoms with Crippen molar-refractivity contribution in [2.75, 3.05) is 33.5 Å². The average Bonchev–Trinajstić information content (AvgIpc) is 2.60. The van der Waals surface area contributed by atoms with E-state index in [1.165, 1.54) is 7.11 Å². The van der Waals surface area contributed by atoms with E-state index in [9.17, 15) is 19.7 Å². The van der Waals surface area contributed by atoms with Gasteiger partial charge in [0.05, 0.1) is 13.2 Å². The van der Waals surface area contributed by atoms with Crippen molar-refractivity contribution in [3.05, 3.63) is 16.7 Å². The Balaban J connectivity index is 4.45. The second-order valence-electron chi connectivity index (χ2n) is 6.32. The van der Waals surface area contributed by atoms with Crippen LogP contribution < -0.4 is 21.4 Å². The number of hydrogen-bond donors (Lipinski definition) is 5. The molecule has 0 heterocycles. The molecule has 0 bridgehead atoms. The predicted octanol–water partition coefficient (Wildman–Crippen LogP) is -0.456. The summed E-state index contributed by atoms with van der Waals surface area (Å²) in [6, 6.07) is -0.790. The number of nitro groups is 1. The highest BCUT2D eigenvalue weighted by Crippen LogP contribution is 2.02. The highest BCUT2D eigenvalue weighted by atomic mass is 16.7. The Morgan fingerprint density at radius 3 is 2.61 bits per heavy atom. The molecule has 0 spiro atoms. The molecule has 0 saturated heterocycles. The van der Waals surface area contributed by atoms with Gasteiger partial charge in [0, 0.05) is 20.2 Å². The van der Waals surface area contributed by atoms with Crippen molar-refractivity contribution in [2.24, 2.45) is 5.92 Å². The van der Waals surface area contributed by atoms with Crippen LogP contribution in [0, 0.1) is 28.0 Å². The molecule has 0 fully saturated rings. The normalized spacial score (nSPS) is 11.6. The Labute approximate surface area is 164 Å². The number of nitrogens with zero attached hydrogens (tertiary/aromatic N) is 1. The Kier molecular flexibility index (Phi) is 14.2. The molecule has 1 radical (unpaired) electrons. The van der Waals surface area contributed by atoms with Gasteiger partial charge in [-0.25, -0.2) is 10.1 Å². The number of methoxy groups -OCH3 is 1. The zero-order valence-electron chi connectivity index (χ0n) is 16.6. The minimum Gasteiger partial charge on any atom is -0.382 e. The Hall–Kier alpha value is -2.47. The molecule has 0 saturated carbocycles. The largest absolute Gasteiger partial charge is 0.382 e. The lowest BCUT2D eigenvalue weighted by atomic mass is 10.1. The van der Waals surface area contributed by atoms with E-state index in [1.807, 2.05) is 13.8 Å². The van der Waals surface area contributed by atoms with Gasteiger partial charge in [0.2, 0.25) is 11.8 Å². The molecule has 0 aliphatic heterocycles. The topological polar surface area (TPSA) is 168 Å². The van der Waals surface area contributed by atoms with E-state index < -0.39 is 22.9 Å². The summed E-state index contributed by atoms with van der Waals surface area (Å²) in [6.07, 6.45) is 1.37. The summed E-state index contributed by atoms with van der Waals surface area (Å²) < 4.78 is 9.95. The van der Waals surface area contributed by atoms with E-state index in [0.29, 0.717) is 25.4 Å². The number of nitrogens with one attached hydrogen (secondary N) is 5. The van der Waals surface area contributed by atoms with Crippen molar-refractivity contribution in [3.8, 4) is 0 Å². The van der Waals surface area contributed by atoms with E-state index in [4.69, 9.17) is 14.9 Å². The van der Waals surface area contributed by atoms with Crippen LogP contribution in [0.3, 0.4) is 0 Å². The van der Waals surface area contributed by atoms with Crippen LogP contribution in [0.15, 0.2) is 0 Å². The van der Waals surface area contributed by atoms with E-state index in [-0.39, 0.29) is 32.1 Å². The molecule has 0 aromatic carbocycles. The van der Waals surface area contributed by atoms with Crippen LogP contribution in [-0.2, 0) is 19.1 Å². The van der Waals surface area contributed by atoms with Crippen LogP contribution in [0.5, 0.6) is 0 Å². The predicted molar refractivity (Wildman–Crippen MR) is 102 cm³/mol. The van der Waals surface area contributed by atoms with E-state index in [2.05, 4.69) is 16.0 Å². The fourth-order valence-electron chi connectivity index (χ4n) is 1.96. The maximum atomic E-state index is 12.3. The van der Waals surface area contributed by atoms with Crippen LogP contribution in [0.2, 0.25) is 0 Å². The maximum Gasteiger partial charge on any atom is 0.251 e. The molecule has 5 N–H and O–H groups in total. The van der Waals surface area contributed by atoms with Crippen molar-refractivity contribution in [3.63, 3.8) is 0 Å². The number of guanidine groups is 1. The zero-order chi connectivity index (χ0) is 21.4. The number of hydrazine groups is 1. The zero-order valence-corrected chi connectivity index (χ0v) is 16.6. The molecule has 12 nitrogen and oxygen atoms in total. The third kappa shape index (κ3) is 14.7. The van der Waals surface area contributed by atoms with Gasteiger partial charge in [0.1, 0.15) is 12.6 Å². The lowest BCUT2D eigenvalue weighted by Crippen LogP contribution is -2.47. The molecule has 0 aromatic rings. The second kappa shape index (κ2) is 15.6. The Morgan fingerprint density at radius 2 is 2.00 bits per heavy atom. The van der Waals surface area contributed by atoms with Crippen molar-refractivity contribution >= 4 is 17.8 Å². The lowest BCUT2D eigenvalue weighted by molar-refractivity contribution is -0.525. The van der Waals surface area contributed by atoms with Gasteiger partial charge in [-0.15, -0.1) is 0 Å². The summed E-state index contributed by atoms with van der Waals surface area (Å²) in [4.78, 5) is 34.5. The molecule has 2 amide bonds. The molecule has 12 heteroatoms. The summed E-state index contributed by atoms with van der Waals surface area (Å²) in [5, 5.41) is 24.5. The minimum atomic E-state index is -0.847. The summed E-state index contributed by atoms with van der Waals surface area (Å²) in [6.45, 7) is 6.32. The van der Waals surface area contributed by atoms with Gasteiger partial charge in [-0.3, -0.25) is 15.0 Å². The number of amides is 2. The molecular formula is C16H31N6O6. The third-order valence-corrected chi connectivity index (χ3v) is 3.32. The van der Waals surface area contributed by atoms with Gasteiger partial charge < -0.3 is 25.4 Å². The third-order valence-electron chi connectivity index (χ3n) is 3.32. The van der Waals surface area contributed by atoms with E-state index in [0.717, 1.165) is 0 Å². The first kappa shape index (κ1) is 25.5. The molecule has 1 atom stereocenters. The summed E-state index contributed by atoms with van der Waals surface area (Å²) in [5.74, 6) is -0.862. The molecule has 0 aliphatic rings. The minimum absolute atomic E-state index is 0.196. The molecule has 0 aliphatic carbocycles. The van der Waals surface area contributed by atoms with Crippen molar-refractivity contribution in [2.45, 2.75) is 39.2 Å². The van der Waals surface area contributed by atoms with Crippen molar-refractivity contribution in [1.82, 2.24) is 21.4 Å². The monoisotopic (exact) mass is 403 g/mol. The average molecular weight is 403 g/mol. The number of carbonyl (C=O) groups is 2. The molecule has 0 aromatic heterocycles. The SMILES string of the molecule is COCCOCC(=O)N[C@@H](CCCNC(=N)N[N+](=O)[O-])C(=O)N[CH]CC(C)C. The van der Waals surface area contributed by atoms with Crippen LogP contribution in [-0.4, -0.2) is 62.3 Å². The summed E-state index contributed by atoms with van der Waals surface area (Å²) >= 11 is 0. The molecular weight excluding hydrogens is 372 g/mol. The lowest BCUT2D eigenvalue weighted by Gasteiger charge is -2.19. The number of rotatable bonds is 15. The van der Waals surface area contributed by atoms with Gasteiger partial charge in [0.15, 0.2) is 5.03 Å². The van der Waals surface area contributed by atoms with E-state index >= 15 is 0 Å². The van der Waals surface area contributed by atoms with Crippen molar-refractivity contribution < 1.29 is 24.1 Å². The molecule has 0 rings (SSSR count). The first-order chi connectivity index (χ1) is 13.3. The van der Waals surface area contributed by atoms with Crippen LogP contribution in [0.25, 0.3) is 0 Å². The van der Waals surface area contributed by atoms with Crippen LogP contribution in [0.4, 0.5) is 0 Å². The number of ether oxygens (including phenoxy) is 2. The maximum absolute atomic E-state index is 12.3. The van der Waals surface area contributed by atoms with E-state index in [1.54, 1.807) is 12.0 Å². The van der Waals surface area contributed by atoms with Gasteiger partial charge in [-0.2, -0.15) is 0 Å². The highest BCUT2D eigenvalue weighted by Gasteiger charge is 2.20. The Morgan fingerprint density at radius 1 is 1.29 bits per heavy atom. The van der Waals surface area contributed by atoms with Gasteiger partial charge in [0.25, 0.3) is 5.96 Å². The fourth-order valence-corrected chi connectivity index (χ4v) is 1.96. The standard InChI is InChI=1S/C16H31N6O6/c1-12(2)6-8-18-15(24)13(20-14(23)11-28-10-9-27-3)5-4-7-19-16(17)21-22(25)26/h8,12-13H,4-7,9-11H2,1-3H3,(H,18,24)(H,20,23)(H3,17,19,21)/t13-/m0/s1. The summed E-state index contributed by atoms with van der Waals surface area (Å²) in [7, 11) is 1.52. The summed E-state index contributed by atoms with van der Waals surface area (Å²) in [5.41, 5.74) is 1.67. The highest BCUT2D eigenvalue weighted by molar-refractivity contribution is 5.88.